The fourth-order valence-electron chi connectivity index (χ4n) is 2.94. The summed E-state index contributed by atoms with van der Waals surface area (Å²) < 4.78 is 5.55. The summed E-state index contributed by atoms with van der Waals surface area (Å²) in [7, 11) is 0. The van der Waals surface area contributed by atoms with Gasteiger partial charge in [0.2, 0.25) is 5.95 Å². The number of halogens is 2. The lowest BCUT2D eigenvalue weighted by atomic mass is 10.1. The van der Waals surface area contributed by atoms with E-state index < -0.39 is 0 Å². The van der Waals surface area contributed by atoms with E-state index in [0.29, 0.717) is 17.6 Å². The lowest BCUT2D eigenvalue weighted by Gasteiger charge is -2.09. The van der Waals surface area contributed by atoms with Gasteiger partial charge >= 0.3 is 0 Å². The van der Waals surface area contributed by atoms with E-state index >= 15 is 0 Å². The van der Waals surface area contributed by atoms with Crippen molar-refractivity contribution in [3.63, 3.8) is 0 Å². The molecule has 5 nitrogen and oxygen atoms in total. The summed E-state index contributed by atoms with van der Waals surface area (Å²) in [4.78, 5) is 9.23. The van der Waals surface area contributed by atoms with Crippen LogP contribution >= 0.6 is 27.5 Å². The van der Waals surface area contributed by atoms with Crippen LogP contribution in [0.1, 0.15) is 5.56 Å². The molecule has 0 amide bonds. The molecule has 0 saturated heterocycles. The highest BCUT2D eigenvalue weighted by molar-refractivity contribution is 9.09. The molecule has 4 aromatic rings. The average molecular weight is 482 g/mol. The minimum atomic E-state index is 0.414. The van der Waals surface area contributed by atoms with Gasteiger partial charge in [-0.2, -0.15) is 5.10 Å². The number of rotatable bonds is 7. The van der Waals surface area contributed by atoms with Crippen LogP contribution in [0, 0.1) is 0 Å². The number of aromatic nitrogens is 2. The molecule has 30 heavy (non-hydrogen) atoms. The van der Waals surface area contributed by atoms with Crippen LogP contribution in [0.15, 0.2) is 77.9 Å². The normalized spacial score (nSPS) is 11.1. The van der Waals surface area contributed by atoms with E-state index in [4.69, 9.17) is 16.3 Å². The largest absolute Gasteiger partial charge is 0.493 e. The van der Waals surface area contributed by atoms with Crippen LogP contribution in [0.25, 0.3) is 22.2 Å². The number of anilines is 1. The quantitative estimate of drug-likeness (QED) is 0.195. The van der Waals surface area contributed by atoms with Crippen LogP contribution in [0.3, 0.4) is 0 Å². The van der Waals surface area contributed by atoms with Gasteiger partial charge in [0.1, 0.15) is 5.75 Å². The Bertz CT molecular complexity index is 1170. The molecule has 1 heterocycles. The molecule has 0 unspecified atom stereocenters. The van der Waals surface area contributed by atoms with Gasteiger partial charge in [0.25, 0.3) is 0 Å². The Hall–Kier alpha value is -2.96. The van der Waals surface area contributed by atoms with Gasteiger partial charge in [0.15, 0.2) is 0 Å². The van der Waals surface area contributed by atoms with E-state index in [-0.39, 0.29) is 0 Å². The maximum atomic E-state index is 6.20. The smallest absolute Gasteiger partial charge is 0.244 e. The first-order valence-corrected chi connectivity index (χ1v) is 10.8. The number of ether oxygens (including phenoxy) is 1. The van der Waals surface area contributed by atoms with Crippen LogP contribution in [-0.4, -0.2) is 28.1 Å². The van der Waals surface area contributed by atoms with Crippen molar-refractivity contribution < 1.29 is 4.74 Å². The van der Waals surface area contributed by atoms with Crippen molar-refractivity contribution in [2.75, 3.05) is 17.4 Å². The molecule has 0 saturated carbocycles. The maximum Gasteiger partial charge on any atom is 0.244 e. The van der Waals surface area contributed by atoms with Gasteiger partial charge < -0.3 is 4.74 Å². The fourth-order valence-corrected chi connectivity index (χ4v) is 3.27. The fraction of sp³-hybridized carbons (Fsp3) is 0.0870. The Labute approximate surface area is 187 Å². The molecule has 0 atom stereocenters. The SMILES string of the molecule is Clc1ccc2nc(N/N=C/c3ccc(OCCBr)cc3)nc(-c3ccccc3)c2c1. The zero-order valence-corrected chi connectivity index (χ0v) is 18.3. The lowest BCUT2D eigenvalue weighted by molar-refractivity contribution is 0.345. The average Bonchev–Trinajstić information content (AvgIpc) is 2.79. The van der Waals surface area contributed by atoms with Crippen LogP contribution in [0.2, 0.25) is 5.02 Å². The van der Waals surface area contributed by atoms with E-state index in [0.717, 1.165) is 38.8 Å². The molecule has 4 rings (SSSR count). The molecule has 0 bridgehead atoms. The summed E-state index contributed by atoms with van der Waals surface area (Å²) in [5.74, 6) is 1.24. The number of alkyl halides is 1. The van der Waals surface area contributed by atoms with Crippen molar-refractivity contribution in [1.82, 2.24) is 9.97 Å². The van der Waals surface area contributed by atoms with Gasteiger partial charge in [-0.25, -0.2) is 15.4 Å². The van der Waals surface area contributed by atoms with Crippen LogP contribution in [-0.2, 0) is 0 Å². The Kier molecular flexibility index (Phi) is 6.57. The summed E-state index contributed by atoms with van der Waals surface area (Å²) in [6, 6.07) is 23.2. The summed E-state index contributed by atoms with van der Waals surface area (Å²) >= 11 is 9.55. The first-order chi connectivity index (χ1) is 14.7. The number of nitrogens with one attached hydrogen (secondary N) is 1. The van der Waals surface area contributed by atoms with Crippen molar-refractivity contribution in [1.29, 1.82) is 0 Å². The van der Waals surface area contributed by atoms with Gasteiger partial charge in [-0.15, -0.1) is 0 Å². The van der Waals surface area contributed by atoms with Crippen molar-refractivity contribution in [2.24, 2.45) is 5.10 Å². The standard InChI is InChI=1S/C23H18BrClN4O/c24-12-13-30-19-9-6-16(7-10-19)15-26-29-23-27-21-11-8-18(25)14-20(21)22(28-23)17-4-2-1-3-5-17/h1-11,14-15H,12-13H2,(H,27,28,29)/b26-15+. The summed E-state index contributed by atoms with van der Waals surface area (Å²) in [5, 5.41) is 6.62. The third-order valence-electron chi connectivity index (χ3n) is 4.31. The van der Waals surface area contributed by atoms with E-state index in [9.17, 15) is 0 Å². The lowest BCUT2D eigenvalue weighted by Crippen LogP contribution is -2.00. The second kappa shape index (κ2) is 9.69. The summed E-state index contributed by atoms with van der Waals surface area (Å²) in [6.07, 6.45) is 1.71. The molecule has 0 aliphatic heterocycles. The van der Waals surface area contributed by atoms with Crippen LogP contribution in [0.4, 0.5) is 5.95 Å². The Morgan fingerprint density at radius 3 is 2.57 bits per heavy atom. The van der Waals surface area contributed by atoms with Crippen molar-refractivity contribution >= 4 is 50.6 Å². The predicted molar refractivity (Wildman–Crippen MR) is 127 cm³/mol. The number of hydrazone groups is 1. The molecule has 0 aliphatic carbocycles. The van der Waals surface area contributed by atoms with Crippen molar-refractivity contribution in [3.05, 3.63) is 83.4 Å². The minimum Gasteiger partial charge on any atom is -0.493 e. The molecule has 0 spiro atoms. The number of hydrogen-bond donors (Lipinski definition) is 1. The van der Waals surface area contributed by atoms with Gasteiger partial charge in [-0.05, 0) is 48.0 Å². The van der Waals surface area contributed by atoms with Gasteiger partial charge in [-0.1, -0.05) is 57.9 Å². The first-order valence-electron chi connectivity index (χ1n) is 9.33. The summed E-state index contributed by atoms with van der Waals surface area (Å²) in [5.41, 5.74) is 6.45. The zero-order valence-electron chi connectivity index (χ0n) is 15.9. The molecule has 0 fully saturated rings. The molecule has 7 heteroatoms. The molecule has 1 aromatic heterocycles. The highest BCUT2D eigenvalue weighted by Gasteiger charge is 2.10. The van der Waals surface area contributed by atoms with Crippen molar-refractivity contribution in [3.8, 4) is 17.0 Å². The highest BCUT2D eigenvalue weighted by Crippen LogP contribution is 2.29. The molecule has 0 radical (unpaired) electrons. The monoisotopic (exact) mass is 480 g/mol. The highest BCUT2D eigenvalue weighted by atomic mass is 79.9. The number of fused-ring (bicyclic) bond motifs is 1. The predicted octanol–water partition coefficient (Wildman–Crippen LogP) is 6.17. The van der Waals surface area contributed by atoms with E-state index in [2.05, 4.69) is 36.4 Å². The first kappa shape index (κ1) is 20.3. The second-order valence-corrected chi connectivity index (χ2v) is 7.63. The maximum absolute atomic E-state index is 6.20. The number of benzene rings is 3. The third kappa shape index (κ3) is 4.96. The Balaban J connectivity index is 1.58. The molecule has 0 aliphatic rings. The molecule has 150 valence electrons. The second-order valence-electron chi connectivity index (χ2n) is 6.40. The third-order valence-corrected chi connectivity index (χ3v) is 4.87. The van der Waals surface area contributed by atoms with Crippen molar-refractivity contribution in [2.45, 2.75) is 0 Å². The van der Waals surface area contributed by atoms with E-state index in [1.54, 1.807) is 6.21 Å². The van der Waals surface area contributed by atoms with E-state index in [1.165, 1.54) is 0 Å². The molecule has 1 N–H and O–H groups in total. The molecular weight excluding hydrogens is 464 g/mol. The van der Waals surface area contributed by atoms with Gasteiger partial charge in [-0.3, -0.25) is 0 Å². The number of nitrogens with zero attached hydrogens (tertiary/aromatic N) is 3. The topological polar surface area (TPSA) is 59.4 Å². The number of hydrogen-bond acceptors (Lipinski definition) is 5. The Morgan fingerprint density at radius 1 is 1.00 bits per heavy atom. The van der Waals surface area contributed by atoms with Gasteiger partial charge in [0, 0.05) is 21.3 Å². The van der Waals surface area contributed by atoms with Crippen LogP contribution in [0.5, 0.6) is 5.75 Å². The Morgan fingerprint density at radius 2 is 1.80 bits per heavy atom. The zero-order chi connectivity index (χ0) is 20.8. The molecule has 3 aromatic carbocycles. The van der Waals surface area contributed by atoms with Crippen LogP contribution < -0.4 is 10.2 Å². The van der Waals surface area contributed by atoms with Gasteiger partial charge in [0.05, 0.1) is 24.0 Å². The molecular formula is C23H18BrClN4O. The minimum absolute atomic E-state index is 0.414. The summed E-state index contributed by atoms with van der Waals surface area (Å²) in [6.45, 7) is 0.628. The van der Waals surface area contributed by atoms with E-state index in [1.807, 2.05) is 72.8 Å².